The predicted molar refractivity (Wildman–Crippen MR) is 90.6 cm³/mol. The first-order valence-electron chi connectivity index (χ1n) is 7.60. The van der Waals surface area contributed by atoms with Gasteiger partial charge in [0.05, 0.1) is 19.0 Å². The van der Waals surface area contributed by atoms with Crippen molar-refractivity contribution in [2.75, 3.05) is 17.4 Å². The average molecular weight is 358 g/mol. The van der Waals surface area contributed by atoms with Crippen molar-refractivity contribution in [1.29, 1.82) is 0 Å². The van der Waals surface area contributed by atoms with Gasteiger partial charge in [0.25, 0.3) is 0 Å². The quantitative estimate of drug-likeness (QED) is 0.510. The molecule has 0 saturated heterocycles. The van der Waals surface area contributed by atoms with E-state index in [1.807, 2.05) is 6.92 Å². The molecule has 0 spiro atoms. The van der Waals surface area contributed by atoms with Crippen molar-refractivity contribution in [3.8, 4) is 0 Å². The summed E-state index contributed by atoms with van der Waals surface area (Å²) < 4.78 is 17.8. The van der Waals surface area contributed by atoms with Crippen LogP contribution in [0.2, 0.25) is 0 Å². The van der Waals surface area contributed by atoms with Crippen molar-refractivity contribution in [1.82, 2.24) is 19.5 Å². The fourth-order valence-corrected chi connectivity index (χ4v) is 2.53. The van der Waals surface area contributed by atoms with Gasteiger partial charge in [0.15, 0.2) is 17.0 Å². The number of nitrogens with one attached hydrogen (secondary N) is 1. The Morgan fingerprint density at radius 2 is 2.12 bits per heavy atom. The van der Waals surface area contributed by atoms with Gasteiger partial charge >= 0.3 is 7.60 Å². The first-order valence-corrected chi connectivity index (χ1v) is 9.40. The Kier molecular flexibility index (Phi) is 5.76. The van der Waals surface area contributed by atoms with Gasteiger partial charge in [-0.15, -0.1) is 0 Å². The lowest BCUT2D eigenvalue weighted by atomic mass is 10.2. The summed E-state index contributed by atoms with van der Waals surface area (Å²) in [6.45, 7) is 6.12. The molecule has 10 nitrogen and oxygen atoms in total. The zero-order chi connectivity index (χ0) is 17.9. The maximum atomic E-state index is 10.9. The first-order chi connectivity index (χ1) is 11.2. The van der Waals surface area contributed by atoms with Crippen molar-refractivity contribution < 1.29 is 19.1 Å². The fourth-order valence-electron chi connectivity index (χ4n) is 2.08. The van der Waals surface area contributed by atoms with Gasteiger partial charge in [-0.1, -0.05) is 6.92 Å². The molecule has 0 aromatic carbocycles. The van der Waals surface area contributed by atoms with Crippen LogP contribution >= 0.6 is 7.60 Å². The predicted octanol–water partition coefficient (Wildman–Crippen LogP) is 1.16. The Balaban J connectivity index is 2.21. The topological polar surface area (TPSA) is 148 Å². The third-order valence-electron chi connectivity index (χ3n) is 3.46. The largest absolute Gasteiger partial charge is 0.368 e. The van der Waals surface area contributed by atoms with E-state index < -0.39 is 20.0 Å². The minimum absolute atomic E-state index is 0.124. The zero-order valence-corrected chi connectivity index (χ0v) is 14.8. The van der Waals surface area contributed by atoms with E-state index in [0.717, 1.165) is 6.42 Å². The maximum Gasteiger partial charge on any atom is 0.350 e. The lowest BCUT2D eigenvalue weighted by Crippen LogP contribution is -2.18. The van der Waals surface area contributed by atoms with Crippen molar-refractivity contribution >= 4 is 30.5 Å². The molecule has 24 heavy (non-hydrogen) atoms. The number of hydrogen-bond acceptors (Lipinski definition) is 7. The highest BCUT2D eigenvalue weighted by Crippen LogP contribution is 2.34. The second kappa shape index (κ2) is 7.43. The number of fused-ring (bicyclic) bond motifs is 1. The molecule has 0 saturated carbocycles. The number of ether oxygens (including phenoxy) is 1. The lowest BCUT2D eigenvalue weighted by Gasteiger charge is -2.15. The molecular weight excluding hydrogens is 335 g/mol. The van der Waals surface area contributed by atoms with Gasteiger partial charge in [-0.2, -0.15) is 9.97 Å². The highest BCUT2D eigenvalue weighted by molar-refractivity contribution is 7.51. The molecule has 11 heteroatoms. The van der Waals surface area contributed by atoms with Crippen molar-refractivity contribution in [2.45, 2.75) is 45.9 Å². The van der Waals surface area contributed by atoms with Crippen LogP contribution in [-0.4, -0.2) is 47.8 Å². The smallest absolute Gasteiger partial charge is 0.350 e. The molecule has 2 heterocycles. The third-order valence-corrected chi connectivity index (χ3v) is 3.94. The maximum absolute atomic E-state index is 10.9. The van der Waals surface area contributed by atoms with Crippen molar-refractivity contribution in [2.24, 2.45) is 0 Å². The van der Waals surface area contributed by atoms with Gasteiger partial charge in [-0.3, -0.25) is 4.57 Å². The Bertz CT molecular complexity index is 745. The number of nitrogens with two attached hydrogens (primary N) is 1. The minimum Gasteiger partial charge on any atom is -0.368 e. The molecule has 2 aromatic heterocycles. The molecule has 0 radical (unpaired) electrons. The Hall–Kier alpha value is -1.74. The lowest BCUT2D eigenvalue weighted by molar-refractivity contribution is 0.0764. The number of nitrogens with zero attached hydrogens (tertiary/aromatic N) is 4. The van der Waals surface area contributed by atoms with Gasteiger partial charge < -0.3 is 30.1 Å². The molecule has 5 N–H and O–H groups in total. The molecule has 2 aromatic rings. The third kappa shape index (κ3) is 4.88. The summed E-state index contributed by atoms with van der Waals surface area (Å²) in [6, 6.07) is 0.207. The summed E-state index contributed by atoms with van der Waals surface area (Å²) in [5, 5.41) is 3.25. The van der Waals surface area contributed by atoms with Crippen LogP contribution in [0.1, 0.15) is 27.2 Å². The first kappa shape index (κ1) is 18.6. The van der Waals surface area contributed by atoms with E-state index in [4.69, 9.17) is 20.3 Å². The summed E-state index contributed by atoms with van der Waals surface area (Å²) in [5.41, 5.74) is 6.91. The van der Waals surface area contributed by atoms with Crippen molar-refractivity contribution in [3.63, 3.8) is 0 Å². The van der Waals surface area contributed by atoms with Gasteiger partial charge in [-0.25, -0.2) is 4.98 Å². The van der Waals surface area contributed by atoms with E-state index in [2.05, 4.69) is 27.2 Å². The molecule has 2 atom stereocenters. The van der Waals surface area contributed by atoms with E-state index in [1.165, 1.54) is 0 Å². The minimum atomic E-state index is -4.20. The average Bonchev–Trinajstić information content (AvgIpc) is 2.87. The number of imidazole rings is 1. The molecule has 2 unspecified atom stereocenters. The van der Waals surface area contributed by atoms with Gasteiger partial charge in [0.1, 0.15) is 6.35 Å². The SMILES string of the molecule is CCC(C)Nc1nc(N)nc2c1ncn2CC(C)OCP(=O)(O)O. The highest BCUT2D eigenvalue weighted by Gasteiger charge is 2.18. The molecule has 0 amide bonds. The van der Waals surface area contributed by atoms with Gasteiger partial charge in [0, 0.05) is 6.04 Å². The van der Waals surface area contributed by atoms with Crippen LogP contribution in [0.5, 0.6) is 0 Å². The second-order valence-corrected chi connectivity index (χ2v) is 7.31. The molecule has 0 aliphatic heterocycles. The zero-order valence-electron chi connectivity index (χ0n) is 13.9. The van der Waals surface area contributed by atoms with Gasteiger partial charge in [-0.05, 0) is 20.3 Å². The number of nitrogen functional groups attached to an aromatic ring is 1. The van der Waals surface area contributed by atoms with E-state index in [1.54, 1.807) is 17.8 Å². The van der Waals surface area contributed by atoms with E-state index in [9.17, 15) is 4.57 Å². The standard InChI is InChI=1S/C13H23N6O4P/c1-4-8(2)16-11-10-12(18-13(14)17-11)19(6-15-10)5-9(3)23-7-24(20,21)22/h6,8-9H,4-5,7H2,1-3H3,(H2,20,21,22)(H3,14,16,17,18). The molecular formula is C13H23N6O4P. The van der Waals surface area contributed by atoms with Crippen LogP contribution in [0, 0.1) is 0 Å². The Morgan fingerprint density at radius 3 is 2.75 bits per heavy atom. The van der Waals surface area contributed by atoms with Crippen LogP contribution in [-0.2, 0) is 15.8 Å². The highest BCUT2D eigenvalue weighted by atomic mass is 31.2. The van der Waals surface area contributed by atoms with Crippen LogP contribution in [0.25, 0.3) is 11.2 Å². The van der Waals surface area contributed by atoms with E-state index >= 15 is 0 Å². The summed E-state index contributed by atoms with van der Waals surface area (Å²) in [6.07, 6.45) is 1.44. The van der Waals surface area contributed by atoms with Crippen LogP contribution in [0.4, 0.5) is 11.8 Å². The Labute approximate surface area is 139 Å². The van der Waals surface area contributed by atoms with Crippen LogP contribution in [0.15, 0.2) is 6.33 Å². The van der Waals surface area contributed by atoms with E-state index in [-0.39, 0.29) is 12.0 Å². The fraction of sp³-hybridized carbons (Fsp3) is 0.615. The normalized spacial score (nSPS) is 14.7. The molecule has 0 bridgehead atoms. The number of aromatic nitrogens is 4. The monoisotopic (exact) mass is 358 g/mol. The second-order valence-electron chi connectivity index (χ2n) is 5.72. The molecule has 0 fully saturated rings. The van der Waals surface area contributed by atoms with E-state index in [0.29, 0.717) is 23.5 Å². The summed E-state index contributed by atoms with van der Waals surface area (Å²) in [5.74, 6) is 0.688. The number of rotatable bonds is 8. The Morgan fingerprint density at radius 1 is 1.42 bits per heavy atom. The molecule has 134 valence electrons. The summed E-state index contributed by atoms with van der Waals surface area (Å²) >= 11 is 0. The van der Waals surface area contributed by atoms with Crippen molar-refractivity contribution in [3.05, 3.63) is 6.33 Å². The number of hydrogen-bond donors (Lipinski definition) is 4. The summed E-state index contributed by atoms with van der Waals surface area (Å²) in [7, 11) is -4.20. The molecule has 2 rings (SSSR count). The molecule has 0 aliphatic carbocycles. The number of anilines is 2. The van der Waals surface area contributed by atoms with Crippen LogP contribution < -0.4 is 11.1 Å². The summed E-state index contributed by atoms with van der Waals surface area (Å²) in [4.78, 5) is 30.5. The van der Waals surface area contributed by atoms with Gasteiger partial charge in [0.2, 0.25) is 5.95 Å². The molecule has 0 aliphatic rings. The van der Waals surface area contributed by atoms with Crippen LogP contribution in [0.3, 0.4) is 0 Å².